The lowest BCUT2D eigenvalue weighted by atomic mass is 9.91. The molecule has 0 saturated carbocycles. The number of carbonyl (C=O) groups is 1. The summed E-state index contributed by atoms with van der Waals surface area (Å²) in [5, 5.41) is 21.1. The van der Waals surface area contributed by atoms with Gasteiger partial charge in [0.25, 0.3) is 5.91 Å². The van der Waals surface area contributed by atoms with Crippen LogP contribution in [0, 0.1) is 0 Å². The van der Waals surface area contributed by atoms with Crippen LogP contribution in [0.5, 0.6) is 0 Å². The maximum absolute atomic E-state index is 12.5. The van der Waals surface area contributed by atoms with Gasteiger partial charge in [0.2, 0.25) is 5.95 Å². The van der Waals surface area contributed by atoms with E-state index in [0.29, 0.717) is 37.6 Å². The molecule has 1 atom stereocenters. The average Bonchev–Trinajstić information content (AvgIpc) is 3.59. The number of aliphatic hydroxyl groups is 1. The minimum absolute atomic E-state index is 0.270. The van der Waals surface area contributed by atoms with E-state index >= 15 is 0 Å². The van der Waals surface area contributed by atoms with Gasteiger partial charge in [0.1, 0.15) is 10.7 Å². The van der Waals surface area contributed by atoms with E-state index in [-0.39, 0.29) is 5.91 Å². The van der Waals surface area contributed by atoms with E-state index in [1.165, 1.54) is 11.3 Å². The molecular weight excluding hydrogens is 438 g/mol. The molecule has 9 nitrogen and oxygen atoms in total. The molecule has 1 amide bonds. The molecule has 1 aliphatic heterocycles. The third kappa shape index (κ3) is 4.22. The fourth-order valence-electron chi connectivity index (χ4n) is 3.86. The average molecular weight is 462 g/mol. The summed E-state index contributed by atoms with van der Waals surface area (Å²) in [6.45, 7) is 1.90. The Morgan fingerprint density at radius 2 is 2.09 bits per heavy atom. The first-order valence-electron chi connectivity index (χ1n) is 10.6. The first kappa shape index (κ1) is 21.2. The second-order valence-electron chi connectivity index (χ2n) is 7.92. The Labute approximate surface area is 194 Å². The van der Waals surface area contributed by atoms with Crippen molar-refractivity contribution in [1.29, 1.82) is 0 Å². The van der Waals surface area contributed by atoms with Crippen molar-refractivity contribution in [2.24, 2.45) is 0 Å². The van der Waals surface area contributed by atoms with Gasteiger partial charge in [-0.2, -0.15) is 5.10 Å². The smallest absolute Gasteiger partial charge is 0.258 e. The van der Waals surface area contributed by atoms with Crippen molar-refractivity contribution < 1.29 is 9.90 Å². The van der Waals surface area contributed by atoms with Gasteiger partial charge in [0.15, 0.2) is 5.60 Å². The van der Waals surface area contributed by atoms with Crippen molar-refractivity contribution in [1.82, 2.24) is 29.6 Å². The molecule has 0 unspecified atom stereocenters. The van der Waals surface area contributed by atoms with Crippen molar-refractivity contribution in [2.45, 2.75) is 18.6 Å². The molecule has 168 valence electrons. The van der Waals surface area contributed by atoms with E-state index in [1.54, 1.807) is 30.4 Å². The summed E-state index contributed by atoms with van der Waals surface area (Å²) >= 11 is 1.49. The van der Waals surface area contributed by atoms with Gasteiger partial charge in [-0.05, 0) is 23.8 Å². The van der Waals surface area contributed by atoms with Gasteiger partial charge < -0.3 is 15.3 Å². The van der Waals surface area contributed by atoms with E-state index in [4.69, 9.17) is 4.98 Å². The fraction of sp³-hybridized carbons (Fsp3) is 0.261. The topological polar surface area (TPSA) is 109 Å². The lowest BCUT2D eigenvalue weighted by Gasteiger charge is -2.21. The molecule has 0 aliphatic carbocycles. The largest absolute Gasteiger partial charge is 0.375 e. The highest BCUT2D eigenvalue weighted by atomic mass is 32.1. The molecule has 0 spiro atoms. The molecule has 4 heterocycles. The Morgan fingerprint density at radius 3 is 2.88 bits per heavy atom. The number of hydrogen-bond acceptors (Lipinski definition) is 8. The van der Waals surface area contributed by atoms with Crippen LogP contribution in [0.15, 0.2) is 60.4 Å². The van der Waals surface area contributed by atoms with Gasteiger partial charge in [0, 0.05) is 56.1 Å². The Kier molecular flexibility index (Phi) is 5.61. The van der Waals surface area contributed by atoms with Crippen LogP contribution < -0.4 is 5.32 Å². The summed E-state index contributed by atoms with van der Waals surface area (Å²) in [6.07, 6.45) is 5.74. The minimum atomic E-state index is -1.48. The molecule has 0 bridgehead atoms. The summed E-state index contributed by atoms with van der Waals surface area (Å²) < 4.78 is 1.84. The molecule has 4 aromatic rings. The normalized spacial score (nSPS) is 18.1. The number of benzene rings is 1. The lowest BCUT2D eigenvalue weighted by molar-refractivity contribution is -0.143. The van der Waals surface area contributed by atoms with Crippen LogP contribution in [-0.2, 0) is 16.9 Å². The van der Waals surface area contributed by atoms with Gasteiger partial charge in [-0.15, -0.1) is 11.3 Å². The van der Waals surface area contributed by atoms with Crippen molar-refractivity contribution in [3.63, 3.8) is 0 Å². The lowest BCUT2D eigenvalue weighted by Crippen LogP contribution is -2.36. The van der Waals surface area contributed by atoms with Crippen LogP contribution >= 0.6 is 11.3 Å². The second kappa shape index (κ2) is 8.72. The van der Waals surface area contributed by atoms with E-state index in [9.17, 15) is 9.90 Å². The Morgan fingerprint density at radius 1 is 1.18 bits per heavy atom. The van der Waals surface area contributed by atoms with Crippen LogP contribution in [0.1, 0.15) is 12.0 Å². The number of thiazole rings is 1. The Balaban J connectivity index is 1.33. The second-order valence-corrected chi connectivity index (χ2v) is 8.78. The quantitative estimate of drug-likeness (QED) is 0.435. The third-order valence-electron chi connectivity index (χ3n) is 5.70. The molecule has 1 aliphatic rings. The first-order valence-corrected chi connectivity index (χ1v) is 11.5. The number of likely N-dealkylation sites (tertiary alicyclic amines) is 1. The van der Waals surface area contributed by atoms with Crippen molar-refractivity contribution in [3.8, 4) is 22.0 Å². The van der Waals surface area contributed by atoms with Crippen LogP contribution in [0.2, 0.25) is 0 Å². The summed E-state index contributed by atoms with van der Waals surface area (Å²) in [5.41, 5.74) is 1.43. The zero-order valence-corrected chi connectivity index (χ0v) is 18.9. The summed E-state index contributed by atoms with van der Waals surface area (Å²) in [5.74, 6) is 0.260. The summed E-state index contributed by atoms with van der Waals surface area (Å²) in [4.78, 5) is 27.6. The molecular formula is C23H23N7O2S. The molecule has 5 rings (SSSR count). The summed E-state index contributed by atoms with van der Waals surface area (Å²) in [6, 6.07) is 11.1. The van der Waals surface area contributed by atoms with Crippen LogP contribution in [0.4, 0.5) is 5.95 Å². The van der Waals surface area contributed by atoms with E-state index in [0.717, 1.165) is 22.0 Å². The highest BCUT2D eigenvalue weighted by Crippen LogP contribution is 2.36. The first-order chi connectivity index (χ1) is 16.0. The van der Waals surface area contributed by atoms with Crippen molar-refractivity contribution in [2.75, 3.05) is 25.5 Å². The monoisotopic (exact) mass is 461 g/mol. The third-order valence-corrected chi connectivity index (χ3v) is 6.59. The highest BCUT2D eigenvalue weighted by molar-refractivity contribution is 7.13. The summed E-state index contributed by atoms with van der Waals surface area (Å²) in [7, 11) is 1.71. The molecule has 10 heteroatoms. The number of rotatable bonds is 7. The van der Waals surface area contributed by atoms with E-state index < -0.39 is 5.60 Å². The van der Waals surface area contributed by atoms with Crippen LogP contribution in [-0.4, -0.2) is 60.8 Å². The van der Waals surface area contributed by atoms with E-state index in [2.05, 4.69) is 20.4 Å². The Bertz CT molecular complexity index is 1270. The molecule has 1 aromatic carbocycles. The molecule has 33 heavy (non-hydrogen) atoms. The minimum Gasteiger partial charge on any atom is -0.375 e. The maximum atomic E-state index is 12.5. The number of likely N-dealkylation sites (N-methyl/N-ethyl adjacent to an activating group) is 1. The number of nitrogens with one attached hydrogen (secondary N) is 1. The van der Waals surface area contributed by atoms with Gasteiger partial charge in [-0.1, -0.05) is 18.2 Å². The fourth-order valence-corrected chi connectivity index (χ4v) is 4.67. The van der Waals surface area contributed by atoms with Gasteiger partial charge in [-0.25, -0.2) is 15.0 Å². The standard InChI is InChI=1S/C23H23N7O2S/c1-29-12-7-23(32,21(29)31)17-5-2-4-16(14-17)20-27-19(15-33-20)18-6-9-24-22(28-18)25-10-13-30-11-3-8-26-30/h2-6,8-9,11,14-15,32H,7,10,12-13H2,1H3,(H,24,25,28)/t23-/m1/s1. The number of amides is 1. The molecule has 1 fully saturated rings. The highest BCUT2D eigenvalue weighted by Gasteiger charge is 2.45. The SMILES string of the molecule is CN1CC[C@@](O)(c2cccc(-c3nc(-c4ccnc(NCCn5cccn5)n4)cs3)c2)C1=O. The molecule has 1 saturated heterocycles. The van der Waals surface area contributed by atoms with Crippen molar-refractivity contribution in [3.05, 3.63) is 65.9 Å². The zero-order valence-electron chi connectivity index (χ0n) is 18.0. The maximum Gasteiger partial charge on any atom is 0.258 e. The van der Waals surface area contributed by atoms with Crippen molar-refractivity contribution >= 4 is 23.2 Å². The number of nitrogens with zero attached hydrogens (tertiary/aromatic N) is 6. The zero-order chi connectivity index (χ0) is 22.8. The number of anilines is 1. The number of aromatic nitrogens is 5. The van der Waals surface area contributed by atoms with Gasteiger partial charge in [0.05, 0.1) is 12.2 Å². The predicted octanol–water partition coefficient (Wildman–Crippen LogP) is 2.63. The van der Waals surface area contributed by atoms with Crippen LogP contribution in [0.25, 0.3) is 22.0 Å². The van der Waals surface area contributed by atoms with Gasteiger partial charge in [-0.3, -0.25) is 9.48 Å². The number of hydrogen-bond donors (Lipinski definition) is 2. The molecule has 2 N–H and O–H groups in total. The van der Waals surface area contributed by atoms with E-state index in [1.807, 2.05) is 46.6 Å². The Hall–Kier alpha value is -3.63. The molecule has 3 aromatic heterocycles. The number of carbonyl (C=O) groups excluding carboxylic acids is 1. The van der Waals surface area contributed by atoms with Crippen LogP contribution in [0.3, 0.4) is 0 Å². The predicted molar refractivity (Wildman–Crippen MR) is 125 cm³/mol. The molecule has 0 radical (unpaired) electrons. The van der Waals surface area contributed by atoms with Gasteiger partial charge >= 0.3 is 0 Å².